The number of aromatic amines is 1. The molecule has 1 fully saturated rings. The fourth-order valence-corrected chi connectivity index (χ4v) is 6.32. The number of aryl methyl sites for hydroxylation is 1. The molecule has 4 atom stereocenters. The van der Waals surface area contributed by atoms with Crippen LogP contribution >= 0.6 is 8.69 Å². The molecule has 5 rings (SSSR count). The number of ether oxygens (including phenoxy) is 4. The van der Waals surface area contributed by atoms with Crippen molar-refractivity contribution in [2.75, 3.05) is 20.8 Å². The first-order chi connectivity index (χ1) is 22.4. The molecule has 10 nitrogen and oxygen atoms in total. The molecule has 1 aromatic heterocycles. The largest absolute Gasteiger partial charge is 0.497 e. The molecule has 2 heterocycles. The zero-order valence-electron chi connectivity index (χ0n) is 27.3. The lowest BCUT2D eigenvalue weighted by Crippen LogP contribution is -2.41. The number of nitrogens with one attached hydrogen (secondary N) is 1. The molecule has 47 heavy (non-hydrogen) atoms. The zero-order chi connectivity index (χ0) is 33.8. The lowest BCUT2D eigenvalue weighted by molar-refractivity contribution is -0.0978. The molecule has 4 aromatic rings. The number of rotatable bonds is 12. The molecule has 0 saturated carbocycles. The Kier molecular flexibility index (Phi) is 10.6. The van der Waals surface area contributed by atoms with E-state index in [1.807, 2.05) is 78.9 Å². The monoisotopic (exact) mass is 666 g/mol. The molecule has 1 aliphatic heterocycles. The van der Waals surface area contributed by atoms with Gasteiger partial charge in [0, 0.05) is 18.2 Å². The number of aromatic nitrogens is 2. The second kappa shape index (κ2) is 14.5. The van der Waals surface area contributed by atoms with Gasteiger partial charge in [-0.2, -0.15) is 4.20 Å². The normalized spacial score (nSPS) is 19.0. The highest BCUT2D eigenvalue weighted by Crippen LogP contribution is 2.48. The SMILES string of the molecule is COc1ccc(C(O[C@H]2C[C@H](n3cc(C)c(=O)[nH]c3=O)O[C@@H]2COP(F)OC(C)(C)C)(c2ccccc2)c2ccc(OC)cc2)cc1. The summed E-state index contributed by atoms with van der Waals surface area (Å²) in [5, 5.41) is 0. The molecule has 1 aliphatic rings. The summed E-state index contributed by atoms with van der Waals surface area (Å²) in [7, 11) is 0.458. The van der Waals surface area contributed by atoms with Crippen LogP contribution in [-0.4, -0.2) is 48.2 Å². The number of benzene rings is 3. The lowest BCUT2D eigenvalue weighted by Gasteiger charge is -2.39. The van der Waals surface area contributed by atoms with Gasteiger partial charge in [-0.05, 0) is 68.7 Å². The van der Waals surface area contributed by atoms with Crippen LogP contribution in [0.5, 0.6) is 11.5 Å². The van der Waals surface area contributed by atoms with E-state index >= 15 is 0 Å². The summed E-state index contributed by atoms with van der Waals surface area (Å²) < 4.78 is 51.8. The van der Waals surface area contributed by atoms with Crippen molar-refractivity contribution in [1.29, 1.82) is 0 Å². The number of H-pyrrole nitrogens is 1. The van der Waals surface area contributed by atoms with Crippen molar-refractivity contribution >= 4 is 8.69 Å². The predicted octanol–water partition coefficient (Wildman–Crippen LogP) is 6.56. The molecular weight excluding hydrogens is 626 g/mol. The maximum Gasteiger partial charge on any atom is 0.375 e. The van der Waals surface area contributed by atoms with Crippen LogP contribution in [0.3, 0.4) is 0 Å². The molecule has 250 valence electrons. The summed E-state index contributed by atoms with van der Waals surface area (Å²) in [6, 6.07) is 24.9. The maximum absolute atomic E-state index is 14.9. The fourth-order valence-electron chi connectivity index (χ4n) is 5.57. The van der Waals surface area contributed by atoms with Gasteiger partial charge in [-0.3, -0.25) is 14.3 Å². The minimum absolute atomic E-state index is 0.185. The van der Waals surface area contributed by atoms with E-state index in [1.165, 1.54) is 10.8 Å². The molecule has 1 N–H and O–H groups in total. The van der Waals surface area contributed by atoms with Crippen LogP contribution in [0.1, 0.15) is 55.7 Å². The van der Waals surface area contributed by atoms with Gasteiger partial charge < -0.3 is 28.0 Å². The zero-order valence-corrected chi connectivity index (χ0v) is 28.2. The number of nitrogens with zero attached hydrogens (tertiary/aromatic N) is 1. The maximum atomic E-state index is 14.9. The van der Waals surface area contributed by atoms with Crippen LogP contribution < -0.4 is 20.7 Å². The van der Waals surface area contributed by atoms with Gasteiger partial charge in [0.25, 0.3) is 5.56 Å². The third kappa shape index (κ3) is 7.83. The van der Waals surface area contributed by atoms with E-state index in [0.717, 1.165) is 16.7 Å². The predicted molar refractivity (Wildman–Crippen MR) is 177 cm³/mol. The van der Waals surface area contributed by atoms with Crippen molar-refractivity contribution in [3.05, 3.63) is 128 Å². The minimum Gasteiger partial charge on any atom is -0.497 e. The van der Waals surface area contributed by atoms with E-state index < -0.39 is 49.6 Å². The molecular formula is C35H40FN2O8P. The van der Waals surface area contributed by atoms with Crippen LogP contribution in [0.25, 0.3) is 0 Å². The molecule has 0 aliphatic carbocycles. The topological polar surface area (TPSA) is 110 Å². The average molecular weight is 667 g/mol. The first kappa shape index (κ1) is 34.5. The molecule has 1 unspecified atom stereocenters. The van der Waals surface area contributed by atoms with Gasteiger partial charge in [0.1, 0.15) is 29.4 Å². The Morgan fingerprint density at radius 1 is 0.894 bits per heavy atom. The number of hydrogen-bond donors (Lipinski definition) is 1. The molecule has 12 heteroatoms. The van der Waals surface area contributed by atoms with E-state index in [0.29, 0.717) is 17.1 Å². The van der Waals surface area contributed by atoms with Gasteiger partial charge in [0.15, 0.2) is 0 Å². The van der Waals surface area contributed by atoms with Crippen LogP contribution in [0.4, 0.5) is 4.20 Å². The second-order valence-corrected chi connectivity index (χ2v) is 13.1. The number of methoxy groups -OCH3 is 2. The first-order valence-corrected chi connectivity index (χ1v) is 16.3. The van der Waals surface area contributed by atoms with E-state index in [2.05, 4.69) is 4.98 Å². The Balaban J connectivity index is 1.63. The lowest BCUT2D eigenvalue weighted by atomic mass is 9.79. The summed E-state index contributed by atoms with van der Waals surface area (Å²) in [5.74, 6) is 1.34. The molecule has 0 radical (unpaired) electrons. The van der Waals surface area contributed by atoms with Crippen LogP contribution in [0.2, 0.25) is 0 Å². The summed E-state index contributed by atoms with van der Waals surface area (Å²) in [6.07, 6.45) is -0.769. The Hall–Kier alpha value is -3.86. The van der Waals surface area contributed by atoms with Gasteiger partial charge >= 0.3 is 14.4 Å². The van der Waals surface area contributed by atoms with Crippen molar-refractivity contribution in [2.24, 2.45) is 0 Å². The smallest absolute Gasteiger partial charge is 0.375 e. The molecule has 1 saturated heterocycles. The number of hydrogen-bond acceptors (Lipinski definition) is 8. The van der Waals surface area contributed by atoms with Crippen LogP contribution in [-0.2, 0) is 24.1 Å². The van der Waals surface area contributed by atoms with Gasteiger partial charge in [-0.15, -0.1) is 0 Å². The van der Waals surface area contributed by atoms with Gasteiger partial charge in [-0.1, -0.05) is 54.6 Å². The van der Waals surface area contributed by atoms with Gasteiger partial charge in [0.05, 0.1) is 32.5 Å². The Morgan fingerprint density at radius 3 is 1.98 bits per heavy atom. The van der Waals surface area contributed by atoms with Crippen molar-refractivity contribution in [2.45, 2.75) is 63.8 Å². The Labute approximate surface area is 274 Å². The van der Waals surface area contributed by atoms with Crippen molar-refractivity contribution in [3.63, 3.8) is 0 Å². The highest BCUT2D eigenvalue weighted by Gasteiger charge is 2.47. The third-order valence-electron chi connectivity index (χ3n) is 7.82. The molecule has 0 bridgehead atoms. The van der Waals surface area contributed by atoms with E-state index in [1.54, 1.807) is 41.9 Å². The van der Waals surface area contributed by atoms with Crippen LogP contribution in [0, 0.1) is 6.92 Å². The molecule has 3 aromatic carbocycles. The Bertz CT molecular complexity index is 1690. The minimum atomic E-state index is -2.74. The summed E-state index contributed by atoms with van der Waals surface area (Å²) in [4.78, 5) is 27.4. The Morgan fingerprint density at radius 2 is 1.45 bits per heavy atom. The molecule has 0 spiro atoms. The summed E-state index contributed by atoms with van der Waals surface area (Å²) >= 11 is 0. The summed E-state index contributed by atoms with van der Waals surface area (Å²) in [5.41, 5.74) is -0.352. The van der Waals surface area contributed by atoms with Gasteiger partial charge in [-0.25, -0.2) is 4.79 Å². The highest BCUT2D eigenvalue weighted by atomic mass is 31.2. The van der Waals surface area contributed by atoms with Gasteiger partial charge in [0.2, 0.25) is 0 Å². The van der Waals surface area contributed by atoms with E-state index in [9.17, 15) is 13.8 Å². The second-order valence-electron chi connectivity index (χ2n) is 12.2. The quantitative estimate of drug-likeness (QED) is 0.134. The van der Waals surface area contributed by atoms with Crippen molar-refractivity contribution in [1.82, 2.24) is 9.55 Å². The summed E-state index contributed by atoms with van der Waals surface area (Å²) in [6.45, 7) is 6.60. The van der Waals surface area contributed by atoms with Crippen molar-refractivity contribution < 1.29 is 32.2 Å². The van der Waals surface area contributed by atoms with E-state index in [4.69, 9.17) is 28.0 Å². The molecule has 0 amide bonds. The van der Waals surface area contributed by atoms with E-state index in [-0.39, 0.29) is 13.0 Å². The van der Waals surface area contributed by atoms with Crippen molar-refractivity contribution in [3.8, 4) is 11.5 Å². The highest BCUT2D eigenvalue weighted by molar-refractivity contribution is 7.41. The fraction of sp³-hybridized carbons (Fsp3) is 0.371. The van der Waals surface area contributed by atoms with Crippen LogP contribution in [0.15, 0.2) is 94.6 Å². The average Bonchev–Trinajstić information content (AvgIpc) is 3.46. The standard InChI is InChI=1S/C35H40FN2O8P/c1-23-21-38(33(40)37-32(23)39)31-20-29(30(44-31)22-43-47(36)46-34(2,3)4)45-35(24-10-8-7-9-11-24,25-12-16-27(41-5)17-13-25)26-14-18-28(42-6)19-15-26/h7-19,21,29-31H,20,22H2,1-6H3,(H,37,39,40)/t29-,30+,31+,47?/m0/s1. The third-order valence-corrected chi connectivity index (χ3v) is 8.87. The first-order valence-electron chi connectivity index (χ1n) is 15.2. The number of halogens is 1.